The molecule has 3 N–H and O–H groups in total. The van der Waals surface area contributed by atoms with Crippen LogP contribution in [0.3, 0.4) is 0 Å². The van der Waals surface area contributed by atoms with Crippen LogP contribution in [0.5, 0.6) is 0 Å². The number of hydrogen-bond donors (Lipinski definition) is 3. The Bertz CT molecular complexity index is 576. The van der Waals surface area contributed by atoms with Crippen molar-refractivity contribution < 1.29 is 28.5 Å². The summed E-state index contributed by atoms with van der Waals surface area (Å²) in [5.74, 6) is -3.32. The van der Waals surface area contributed by atoms with Gasteiger partial charge in [-0.15, -0.1) is 0 Å². The first-order chi connectivity index (χ1) is 12.4. The van der Waals surface area contributed by atoms with E-state index in [1.807, 2.05) is 0 Å². The van der Waals surface area contributed by atoms with Gasteiger partial charge in [-0.2, -0.15) is 0 Å². The average molecular weight is 405 g/mol. The molecule has 8 nitrogen and oxygen atoms in total. The molecule has 0 aliphatic rings. The van der Waals surface area contributed by atoms with Crippen molar-refractivity contribution in [2.75, 3.05) is 12.0 Å². The van der Waals surface area contributed by atoms with Crippen LogP contribution in [-0.4, -0.2) is 57.0 Å². The van der Waals surface area contributed by atoms with Gasteiger partial charge in [-0.05, 0) is 18.3 Å². The average Bonchev–Trinajstić information content (AvgIpc) is 2.52. The Balaban J connectivity index is 5.25. The Kier molecular flexibility index (Phi) is 11.1. The summed E-state index contributed by atoms with van der Waals surface area (Å²) in [6.07, 6.45) is 1.60. The van der Waals surface area contributed by atoms with E-state index in [4.69, 9.17) is 0 Å². The number of aliphatic carboxylic acids is 1. The van der Waals surface area contributed by atoms with Crippen molar-refractivity contribution in [3.05, 3.63) is 0 Å². The van der Waals surface area contributed by atoms with E-state index in [0.29, 0.717) is 0 Å². The molecule has 0 heterocycles. The molecule has 2 amide bonds. The van der Waals surface area contributed by atoms with Crippen LogP contribution in [0.2, 0.25) is 0 Å². The first-order valence-electron chi connectivity index (χ1n) is 8.99. The monoisotopic (exact) mass is 404 g/mol. The third-order valence-corrected chi connectivity index (χ3v) is 5.06. The summed E-state index contributed by atoms with van der Waals surface area (Å²) in [4.78, 5) is 47.9. The molecular formula is C18H32N2O6S. The highest BCUT2D eigenvalue weighted by Crippen LogP contribution is 2.19. The summed E-state index contributed by atoms with van der Waals surface area (Å²) >= 11 is 0. The first kappa shape index (κ1) is 25.2. The number of ketones is 1. The third-order valence-electron chi connectivity index (χ3n) is 4.25. The van der Waals surface area contributed by atoms with Gasteiger partial charge in [0.2, 0.25) is 11.8 Å². The zero-order valence-electron chi connectivity index (χ0n) is 16.9. The number of carboxylic acid groups (broad SMARTS) is 1. The van der Waals surface area contributed by atoms with Gasteiger partial charge >= 0.3 is 5.97 Å². The van der Waals surface area contributed by atoms with Crippen molar-refractivity contribution in [3.63, 3.8) is 0 Å². The normalized spacial score (nSPS) is 15.7. The Morgan fingerprint density at radius 2 is 1.56 bits per heavy atom. The summed E-state index contributed by atoms with van der Waals surface area (Å²) in [5.41, 5.74) is 0. The fraction of sp³-hybridized carbons (Fsp3) is 0.778. The van der Waals surface area contributed by atoms with Crippen LogP contribution in [0.4, 0.5) is 0 Å². The first-order valence-corrected chi connectivity index (χ1v) is 10.7. The molecule has 9 heteroatoms. The molecule has 27 heavy (non-hydrogen) atoms. The van der Waals surface area contributed by atoms with Crippen molar-refractivity contribution in [2.24, 2.45) is 17.8 Å². The lowest BCUT2D eigenvalue weighted by Gasteiger charge is -2.26. The van der Waals surface area contributed by atoms with E-state index < -0.39 is 40.7 Å². The number of hydrogen-bond acceptors (Lipinski definition) is 5. The quantitative estimate of drug-likeness (QED) is 0.439. The fourth-order valence-electron chi connectivity index (χ4n) is 2.61. The van der Waals surface area contributed by atoms with E-state index in [2.05, 4.69) is 10.6 Å². The number of carbonyl (C=O) groups is 4. The van der Waals surface area contributed by atoms with Gasteiger partial charge in [-0.1, -0.05) is 27.7 Å². The predicted octanol–water partition coefficient (Wildman–Crippen LogP) is 0.717. The Hall–Kier alpha value is -1.77. The highest BCUT2D eigenvalue weighted by molar-refractivity contribution is 7.84. The standard InChI is InChI=1S/C18H32N2O6S/c1-10(2)13(17(23)20-16(11(3)4)18(24)25)9-15(22)14(19-12(5)21)7-8-27(6)26/h10-11,13-14,16H,7-9H2,1-6H3,(H,19,21)(H,20,23)(H,24,25). The molecule has 156 valence electrons. The minimum absolute atomic E-state index is 0.130. The summed E-state index contributed by atoms with van der Waals surface area (Å²) in [7, 11) is -1.11. The molecule has 0 saturated heterocycles. The van der Waals surface area contributed by atoms with Crippen LogP contribution in [0, 0.1) is 17.8 Å². The van der Waals surface area contributed by atoms with E-state index in [9.17, 15) is 28.5 Å². The molecule has 4 unspecified atom stereocenters. The van der Waals surface area contributed by atoms with Gasteiger partial charge in [0.15, 0.2) is 5.78 Å². The number of Topliss-reactive ketones (excluding diaryl/α,β-unsaturated/α-hetero) is 1. The SMILES string of the molecule is CC(=O)NC(CCS(C)=O)C(=O)CC(C(=O)NC(C(=O)O)C(C)C)C(C)C. The molecule has 0 radical (unpaired) electrons. The van der Waals surface area contributed by atoms with Crippen LogP contribution < -0.4 is 10.6 Å². The predicted molar refractivity (Wildman–Crippen MR) is 104 cm³/mol. The lowest BCUT2D eigenvalue weighted by Crippen LogP contribution is -2.49. The van der Waals surface area contributed by atoms with Crippen molar-refractivity contribution >= 4 is 34.4 Å². The van der Waals surface area contributed by atoms with Crippen molar-refractivity contribution in [2.45, 2.75) is 59.5 Å². The Morgan fingerprint density at radius 1 is 1.00 bits per heavy atom. The Morgan fingerprint density at radius 3 is 1.93 bits per heavy atom. The zero-order chi connectivity index (χ0) is 21.3. The molecule has 0 rings (SSSR count). The summed E-state index contributed by atoms with van der Waals surface area (Å²) in [5, 5.41) is 14.3. The van der Waals surface area contributed by atoms with E-state index in [0.717, 1.165) is 0 Å². The van der Waals surface area contributed by atoms with Gasteiger partial charge in [-0.25, -0.2) is 4.79 Å². The second-order valence-corrected chi connectivity index (χ2v) is 8.96. The summed E-state index contributed by atoms with van der Waals surface area (Å²) < 4.78 is 11.3. The maximum Gasteiger partial charge on any atom is 0.326 e. The molecule has 0 aromatic rings. The molecule has 0 aliphatic heterocycles. The third kappa shape index (κ3) is 9.65. The minimum Gasteiger partial charge on any atom is -0.480 e. The lowest BCUT2D eigenvalue weighted by atomic mass is 9.87. The second-order valence-electron chi connectivity index (χ2n) is 7.41. The molecule has 0 fully saturated rings. The van der Waals surface area contributed by atoms with Crippen LogP contribution in [-0.2, 0) is 30.0 Å². The lowest BCUT2D eigenvalue weighted by molar-refractivity contribution is -0.144. The highest BCUT2D eigenvalue weighted by Gasteiger charge is 2.32. The number of amides is 2. The van der Waals surface area contributed by atoms with Gasteiger partial charge in [0.1, 0.15) is 6.04 Å². The van der Waals surface area contributed by atoms with Crippen LogP contribution >= 0.6 is 0 Å². The van der Waals surface area contributed by atoms with Crippen LogP contribution in [0.1, 0.15) is 47.5 Å². The van der Waals surface area contributed by atoms with Gasteiger partial charge < -0.3 is 15.7 Å². The molecule has 0 aromatic carbocycles. The van der Waals surface area contributed by atoms with Crippen LogP contribution in [0.15, 0.2) is 0 Å². The number of rotatable bonds is 12. The Labute approximate surface area is 163 Å². The maximum atomic E-state index is 12.7. The molecule has 0 bridgehead atoms. The van der Waals surface area contributed by atoms with E-state index in [1.54, 1.807) is 27.7 Å². The molecule has 0 saturated carbocycles. The van der Waals surface area contributed by atoms with Gasteiger partial charge in [0.25, 0.3) is 0 Å². The second kappa shape index (κ2) is 11.8. The van der Waals surface area contributed by atoms with Gasteiger partial charge in [0, 0.05) is 42.1 Å². The summed E-state index contributed by atoms with van der Waals surface area (Å²) in [6, 6.07) is -1.86. The van der Waals surface area contributed by atoms with Crippen LogP contribution in [0.25, 0.3) is 0 Å². The highest BCUT2D eigenvalue weighted by atomic mass is 32.2. The number of carboxylic acids is 1. The summed E-state index contributed by atoms with van der Waals surface area (Å²) in [6.45, 7) is 8.21. The zero-order valence-corrected chi connectivity index (χ0v) is 17.7. The topological polar surface area (TPSA) is 130 Å². The minimum atomic E-state index is -1.13. The van der Waals surface area contributed by atoms with Crippen molar-refractivity contribution in [1.82, 2.24) is 10.6 Å². The number of carbonyl (C=O) groups excluding carboxylic acids is 3. The molecule has 4 atom stereocenters. The molecular weight excluding hydrogens is 372 g/mol. The number of nitrogens with one attached hydrogen (secondary N) is 2. The van der Waals surface area contributed by atoms with Gasteiger partial charge in [-0.3, -0.25) is 18.6 Å². The van der Waals surface area contributed by atoms with E-state index in [1.165, 1.54) is 13.2 Å². The smallest absolute Gasteiger partial charge is 0.326 e. The fourth-order valence-corrected chi connectivity index (χ4v) is 3.17. The molecule has 0 aromatic heterocycles. The van der Waals surface area contributed by atoms with E-state index in [-0.39, 0.29) is 42.1 Å². The van der Waals surface area contributed by atoms with Gasteiger partial charge in [0.05, 0.1) is 6.04 Å². The van der Waals surface area contributed by atoms with Crippen molar-refractivity contribution in [3.8, 4) is 0 Å². The maximum absolute atomic E-state index is 12.7. The molecule has 0 spiro atoms. The van der Waals surface area contributed by atoms with Crippen molar-refractivity contribution in [1.29, 1.82) is 0 Å². The van der Waals surface area contributed by atoms with E-state index >= 15 is 0 Å². The molecule has 0 aliphatic carbocycles. The largest absolute Gasteiger partial charge is 0.480 e.